The Morgan fingerprint density at radius 2 is 2.31 bits per heavy atom. The summed E-state index contributed by atoms with van der Waals surface area (Å²) >= 11 is 1.88. The number of nitrogens with one attached hydrogen (secondary N) is 1. The largest absolute Gasteiger partial charge is 0.504 e. The van der Waals surface area contributed by atoms with Crippen LogP contribution in [0.4, 0.5) is 0 Å². The summed E-state index contributed by atoms with van der Waals surface area (Å²) in [7, 11) is 1.56. The van der Waals surface area contributed by atoms with Crippen LogP contribution in [0, 0.1) is 5.92 Å². The van der Waals surface area contributed by atoms with E-state index in [-0.39, 0.29) is 11.1 Å². The van der Waals surface area contributed by atoms with Gasteiger partial charge in [-0.15, -0.1) is 11.8 Å². The van der Waals surface area contributed by atoms with Crippen LogP contribution in [-0.2, 0) is 0 Å². The lowest BCUT2D eigenvalue weighted by Gasteiger charge is -2.27. The normalized spacial score (nSPS) is 25.4. The first-order chi connectivity index (χ1) is 7.70. The summed E-state index contributed by atoms with van der Waals surface area (Å²) in [5.74, 6) is 2.61. The summed E-state index contributed by atoms with van der Waals surface area (Å²) in [6, 6.07) is 5.59. The van der Waals surface area contributed by atoms with Crippen LogP contribution in [0.1, 0.15) is 17.9 Å². The maximum Gasteiger partial charge on any atom is 0.160 e. The number of thioether (sulfide) groups is 1. The van der Waals surface area contributed by atoms with Crippen LogP contribution in [0.15, 0.2) is 18.2 Å². The zero-order valence-electron chi connectivity index (χ0n) is 9.56. The molecule has 1 aliphatic heterocycles. The van der Waals surface area contributed by atoms with Gasteiger partial charge in [-0.3, -0.25) is 0 Å². The first-order valence-corrected chi connectivity index (χ1v) is 6.47. The molecule has 0 radical (unpaired) electrons. The van der Waals surface area contributed by atoms with E-state index in [1.54, 1.807) is 13.2 Å². The van der Waals surface area contributed by atoms with Crippen LogP contribution in [0.5, 0.6) is 11.5 Å². The fourth-order valence-electron chi connectivity index (χ4n) is 1.77. The predicted molar refractivity (Wildman–Crippen MR) is 67.0 cm³/mol. The minimum atomic E-state index is 0.209. The SMILES string of the molecule is COc1ccc(C2NCC(C)CS2)cc1O. The van der Waals surface area contributed by atoms with Crippen molar-refractivity contribution in [1.29, 1.82) is 0 Å². The van der Waals surface area contributed by atoms with Crippen LogP contribution in [0.3, 0.4) is 0 Å². The van der Waals surface area contributed by atoms with Crippen LogP contribution < -0.4 is 10.1 Å². The van der Waals surface area contributed by atoms with Gasteiger partial charge < -0.3 is 15.2 Å². The van der Waals surface area contributed by atoms with E-state index in [0.717, 1.165) is 17.9 Å². The zero-order valence-corrected chi connectivity index (χ0v) is 10.4. The summed E-state index contributed by atoms with van der Waals surface area (Å²) in [6.07, 6.45) is 0. The maximum absolute atomic E-state index is 9.71. The Balaban J connectivity index is 2.12. The summed E-state index contributed by atoms with van der Waals surface area (Å²) in [4.78, 5) is 0. The van der Waals surface area contributed by atoms with E-state index in [9.17, 15) is 5.11 Å². The van der Waals surface area contributed by atoms with Crippen molar-refractivity contribution < 1.29 is 9.84 Å². The van der Waals surface area contributed by atoms with Crippen molar-refractivity contribution in [3.63, 3.8) is 0 Å². The van der Waals surface area contributed by atoms with Gasteiger partial charge >= 0.3 is 0 Å². The third kappa shape index (κ3) is 2.44. The van der Waals surface area contributed by atoms with Crippen molar-refractivity contribution in [2.24, 2.45) is 5.92 Å². The summed E-state index contributed by atoms with van der Waals surface area (Å²) < 4.78 is 5.03. The number of aromatic hydroxyl groups is 1. The topological polar surface area (TPSA) is 41.5 Å². The molecule has 0 spiro atoms. The van der Waals surface area contributed by atoms with E-state index in [1.807, 2.05) is 23.9 Å². The minimum Gasteiger partial charge on any atom is -0.504 e. The first kappa shape index (κ1) is 11.6. The molecule has 1 saturated heterocycles. The van der Waals surface area contributed by atoms with Crippen LogP contribution in [-0.4, -0.2) is 24.5 Å². The van der Waals surface area contributed by atoms with Gasteiger partial charge in [0.25, 0.3) is 0 Å². The Morgan fingerprint density at radius 1 is 1.50 bits per heavy atom. The van der Waals surface area contributed by atoms with Crippen LogP contribution in [0.25, 0.3) is 0 Å². The van der Waals surface area contributed by atoms with Gasteiger partial charge in [0, 0.05) is 0 Å². The summed E-state index contributed by atoms with van der Waals surface area (Å²) in [5.41, 5.74) is 1.11. The zero-order chi connectivity index (χ0) is 11.5. The Bertz CT molecular complexity index is 362. The van der Waals surface area contributed by atoms with E-state index in [2.05, 4.69) is 12.2 Å². The Hall–Kier alpha value is -0.870. The third-order valence-corrected chi connectivity index (χ3v) is 4.24. The molecule has 2 atom stereocenters. The fraction of sp³-hybridized carbons (Fsp3) is 0.500. The lowest BCUT2D eigenvalue weighted by Crippen LogP contribution is -2.31. The van der Waals surface area contributed by atoms with E-state index in [1.165, 1.54) is 0 Å². The predicted octanol–water partition coefficient (Wildman–Crippen LogP) is 2.37. The monoisotopic (exact) mass is 239 g/mol. The molecular weight excluding hydrogens is 222 g/mol. The molecule has 1 aromatic carbocycles. The molecule has 1 aliphatic rings. The smallest absolute Gasteiger partial charge is 0.160 e. The molecule has 0 aromatic heterocycles. The number of methoxy groups -OCH3 is 1. The highest BCUT2D eigenvalue weighted by atomic mass is 32.2. The first-order valence-electron chi connectivity index (χ1n) is 5.42. The molecule has 0 saturated carbocycles. The number of phenolic OH excluding ortho intramolecular Hbond substituents is 1. The quantitative estimate of drug-likeness (QED) is 0.831. The molecule has 2 unspecified atom stereocenters. The number of benzene rings is 1. The second-order valence-corrected chi connectivity index (χ2v) is 5.30. The Labute approximate surface area is 100 Å². The summed E-state index contributed by atoms with van der Waals surface area (Å²) in [5, 5.41) is 13.5. The van der Waals surface area contributed by atoms with Gasteiger partial charge in [-0.25, -0.2) is 0 Å². The average molecular weight is 239 g/mol. The van der Waals surface area contributed by atoms with Crippen molar-refractivity contribution >= 4 is 11.8 Å². The maximum atomic E-state index is 9.71. The van der Waals surface area contributed by atoms with Crippen molar-refractivity contribution in [3.8, 4) is 11.5 Å². The number of rotatable bonds is 2. The van der Waals surface area contributed by atoms with Gasteiger partial charge in [-0.05, 0) is 35.9 Å². The molecule has 2 rings (SSSR count). The highest BCUT2D eigenvalue weighted by molar-refractivity contribution is 7.99. The van der Waals surface area contributed by atoms with E-state index in [4.69, 9.17) is 4.74 Å². The van der Waals surface area contributed by atoms with Crippen LogP contribution in [0.2, 0.25) is 0 Å². The molecule has 0 aliphatic carbocycles. The Morgan fingerprint density at radius 3 is 2.88 bits per heavy atom. The fourth-order valence-corrected chi connectivity index (χ4v) is 2.96. The van der Waals surface area contributed by atoms with Gasteiger partial charge in [-0.2, -0.15) is 0 Å². The van der Waals surface area contributed by atoms with E-state index < -0.39 is 0 Å². The molecule has 16 heavy (non-hydrogen) atoms. The van der Waals surface area contributed by atoms with E-state index >= 15 is 0 Å². The van der Waals surface area contributed by atoms with Crippen molar-refractivity contribution in [1.82, 2.24) is 5.32 Å². The molecule has 2 N–H and O–H groups in total. The van der Waals surface area contributed by atoms with Crippen molar-refractivity contribution in [2.45, 2.75) is 12.3 Å². The number of ether oxygens (including phenoxy) is 1. The molecule has 0 bridgehead atoms. The van der Waals surface area contributed by atoms with Gasteiger partial charge in [0.1, 0.15) is 0 Å². The van der Waals surface area contributed by atoms with Crippen molar-refractivity contribution in [3.05, 3.63) is 23.8 Å². The number of hydrogen-bond donors (Lipinski definition) is 2. The van der Waals surface area contributed by atoms with E-state index in [0.29, 0.717) is 11.7 Å². The minimum absolute atomic E-state index is 0.209. The second kappa shape index (κ2) is 4.97. The van der Waals surface area contributed by atoms with Gasteiger partial charge in [0.05, 0.1) is 12.5 Å². The van der Waals surface area contributed by atoms with Gasteiger partial charge in [0.2, 0.25) is 0 Å². The van der Waals surface area contributed by atoms with Gasteiger partial charge in [-0.1, -0.05) is 13.0 Å². The van der Waals surface area contributed by atoms with Crippen LogP contribution >= 0.6 is 11.8 Å². The number of hydrogen-bond acceptors (Lipinski definition) is 4. The molecule has 1 fully saturated rings. The Kier molecular flexibility index (Phi) is 3.61. The molecular formula is C12H17NO2S. The molecule has 0 amide bonds. The number of phenols is 1. The lowest BCUT2D eigenvalue weighted by atomic mass is 10.1. The average Bonchev–Trinajstić information content (AvgIpc) is 2.30. The van der Waals surface area contributed by atoms with Crippen molar-refractivity contribution in [2.75, 3.05) is 19.4 Å². The standard InChI is InChI=1S/C12H17NO2S/c1-8-6-13-12(16-7-8)9-3-4-11(15-2)10(14)5-9/h3-5,8,12-14H,6-7H2,1-2H3. The van der Waals surface area contributed by atoms with Gasteiger partial charge in [0.15, 0.2) is 11.5 Å². The highest BCUT2D eigenvalue weighted by Crippen LogP contribution is 2.35. The molecule has 3 nitrogen and oxygen atoms in total. The highest BCUT2D eigenvalue weighted by Gasteiger charge is 2.20. The molecule has 1 aromatic rings. The lowest BCUT2D eigenvalue weighted by molar-refractivity contribution is 0.372. The second-order valence-electron chi connectivity index (χ2n) is 4.16. The molecule has 4 heteroatoms. The summed E-state index contributed by atoms with van der Waals surface area (Å²) in [6.45, 7) is 3.27. The molecule has 1 heterocycles. The third-order valence-electron chi connectivity index (χ3n) is 2.70. The molecule has 88 valence electrons.